The van der Waals surface area contributed by atoms with Gasteiger partial charge in [0.1, 0.15) is 0 Å². The first-order chi connectivity index (χ1) is 40.7. The summed E-state index contributed by atoms with van der Waals surface area (Å²) >= 11 is 0. The molecule has 0 spiro atoms. The molecule has 10 nitrogen and oxygen atoms in total. The molecular weight excluding hydrogens is 1000 g/mol. The van der Waals surface area contributed by atoms with Crippen molar-refractivity contribution < 1.29 is 0 Å². The molecule has 0 radical (unpaired) electrons. The lowest BCUT2D eigenvalue weighted by atomic mass is 10.1. The third-order valence-corrected chi connectivity index (χ3v) is 16.1. The number of rotatable bonds is 8. The second-order valence-electron chi connectivity index (χ2n) is 20.7. The van der Waals surface area contributed by atoms with E-state index in [1.165, 1.54) is 0 Å². The molecule has 17 rings (SSSR count). The average molecular weight is 1050 g/mol. The number of para-hydroxylation sites is 4. The molecule has 0 saturated carbocycles. The van der Waals surface area contributed by atoms with E-state index in [0.717, 1.165) is 121 Å². The van der Waals surface area contributed by atoms with E-state index in [4.69, 9.17) is 29.9 Å². The predicted octanol–water partition coefficient (Wildman–Crippen LogP) is 17.1. The Balaban J connectivity index is 0.957. The van der Waals surface area contributed by atoms with Crippen LogP contribution in [0.15, 0.2) is 267 Å². The number of hydrogen-bond acceptors (Lipinski definition) is 6. The quantitative estimate of drug-likeness (QED) is 0.150. The number of benzene rings is 11. The zero-order valence-electron chi connectivity index (χ0n) is 43.9. The van der Waals surface area contributed by atoms with Gasteiger partial charge < -0.3 is 9.13 Å². The number of hydrogen-bond donors (Lipinski definition) is 0. The summed E-state index contributed by atoms with van der Waals surface area (Å²) in [6, 6.07) is 93.4. The fourth-order valence-corrected chi connectivity index (χ4v) is 12.5. The molecule has 6 heterocycles. The lowest BCUT2D eigenvalue weighted by Crippen LogP contribution is -2.07. The van der Waals surface area contributed by atoms with Crippen LogP contribution in [0.25, 0.3) is 156 Å². The van der Waals surface area contributed by atoms with E-state index < -0.39 is 0 Å². The van der Waals surface area contributed by atoms with Crippen LogP contribution in [0.4, 0.5) is 0 Å². The van der Waals surface area contributed by atoms with E-state index in [9.17, 15) is 0 Å². The zero-order chi connectivity index (χ0) is 53.8. The number of aromatic nitrogens is 10. The first-order valence-corrected chi connectivity index (χ1v) is 27.5. The molecule has 11 aromatic carbocycles. The highest BCUT2D eigenvalue weighted by Crippen LogP contribution is 2.45. The molecule has 0 atom stereocenters. The molecule has 382 valence electrons. The zero-order valence-corrected chi connectivity index (χ0v) is 43.9. The van der Waals surface area contributed by atoms with Crippen LogP contribution in [0.1, 0.15) is 0 Å². The molecule has 10 heteroatoms. The summed E-state index contributed by atoms with van der Waals surface area (Å²) in [7, 11) is 0. The minimum Gasteiger partial charge on any atom is -0.307 e. The SMILES string of the molecule is c1ccc(-c2nc(-c3ccccc3)nc(-n3c4ccccc4c4ccc5c6ccccc6n(-c6cccc(-n7c8ccccc8c8ccc9c%10ccccc%10n(-c%10nc(-c%11ccccc%11)nc(-c%11ccccc%11)n%10)c9c87)c6)c5c43)n2)cc1. The highest BCUT2D eigenvalue weighted by molar-refractivity contribution is 6.25. The third-order valence-electron chi connectivity index (χ3n) is 16.1. The molecule has 0 aliphatic heterocycles. The molecule has 0 aliphatic rings. The first-order valence-electron chi connectivity index (χ1n) is 27.5. The van der Waals surface area contributed by atoms with Crippen LogP contribution in [0.2, 0.25) is 0 Å². The summed E-state index contributed by atoms with van der Waals surface area (Å²) in [5.74, 6) is 3.45. The Morgan fingerprint density at radius 3 is 0.756 bits per heavy atom. The molecule has 0 fully saturated rings. The van der Waals surface area contributed by atoms with Gasteiger partial charge in [0.15, 0.2) is 23.3 Å². The molecule has 0 aliphatic carbocycles. The lowest BCUT2D eigenvalue weighted by Gasteiger charge is -2.15. The van der Waals surface area contributed by atoms with Crippen LogP contribution in [0.3, 0.4) is 0 Å². The first kappa shape index (κ1) is 45.6. The van der Waals surface area contributed by atoms with Crippen molar-refractivity contribution in [3.63, 3.8) is 0 Å². The van der Waals surface area contributed by atoms with Gasteiger partial charge in [-0.25, -0.2) is 9.97 Å². The van der Waals surface area contributed by atoms with Crippen molar-refractivity contribution in [1.82, 2.24) is 48.2 Å². The van der Waals surface area contributed by atoms with Crippen LogP contribution in [-0.2, 0) is 0 Å². The van der Waals surface area contributed by atoms with Crippen molar-refractivity contribution in [2.24, 2.45) is 0 Å². The third kappa shape index (κ3) is 6.95. The molecule has 0 amide bonds. The van der Waals surface area contributed by atoms with Crippen LogP contribution in [0, 0.1) is 0 Å². The van der Waals surface area contributed by atoms with Crippen molar-refractivity contribution in [3.05, 3.63) is 267 Å². The Labute approximate surface area is 468 Å². The van der Waals surface area contributed by atoms with Crippen molar-refractivity contribution >= 4 is 87.2 Å². The van der Waals surface area contributed by atoms with Gasteiger partial charge in [-0.2, -0.15) is 19.9 Å². The Hall–Kier alpha value is -11.4. The van der Waals surface area contributed by atoms with Crippen LogP contribution in [0.5, 0.6) is 0 Å². The van der Waals surface area contributed by atoms with Gasteiger partial charge in [-0.05, 0) is 42.5 Å². The van der Waals surface area contributed by atoms with Gasteiger partial charge in [0.25, 0.3) is 0 Å². The normalized spacial score (nSPS) is 11.9. The van der Waals surface area contributed by atoms with Gasteiger partial charge >= 0.3 is 0 Å². The van der Waals surface area contributed by atoms with Gasteiger partial charge in [-0.3, -0.25) is 9.13 Å². The van der Waals surface area contributed by atoms with Gasteiger partial charge in [-0.1, -0.05) is 224 Å². The largest absolute Gasteiger partial charge is 0.307 e. The summed E-state index contributed by atoms with van der Waals surface area (Å²) in [6.07, 6.45) is 0. The van der Waals surface area contributed by atoms with Crippen molar-refractivity contribution in [1.29, 1.82) is 0 Å². The molecular formula is C72H44N10. The highest BCUT2D eigenvalue weighted by atomic mass is 15.2. The molecule has 82 heavy (non-hydrogen) atoms. The van der Waals surface area contributed by atoms with Crippen LogP contribution in [-0.4, -0.2) is 48.2 Å². The van der Waals surface area contributed by atoms with Gasteiger partial charge in [0.2, 0.25) is 11.9 Å². The Morgan fingerprint density at radius 2 is 0.451 bits per heavy atom. The van der Waals surface area contributed by atoms with E-state index >= 15 is 0 Å². The maximum Gasteiger partial charge on any atom is 0.238 e. The molecule has 0 saturated heterocycles. The summed E-state index contributed by atoms with van der Waals surface area (Å²) in [5.41, 5.74) is 13.8. The van der Waals surface area contributed by atoms with Gasteiger partial charge in [0, 0.05) is 76.7 Å². The van der Waals surface area contributed by atoms with Crippen molar-refractivity contribution in [2.75, 3.05) is 0 Å². The Bertz CT molecular complexity index is 4940. The molecule has 17 aromatic rings. The standard InChI is InChI=1S/C72H44N10/c1-5-22-45(23-6-1)67-73-68(46-24-7-2-8-25-46)76-71(75-67)81-61-38-19-15-34-53(61)57-42-40-55-51-32-13-17-36-59(51)79(63(55)65(57)81)49-30-21-31-50(44-49)80-60-37-18-14-33-52(60)56-41-43-58-54-35-16-20-39-62(54)82(66(58)64(56)80)72-77-69(47-26-9-3-10-27-47)74-70(78-72)48-28-11-4-12-29-48/h1-44H. The molecule has 0 unspecified atom stereocenters. The maximum atomic E-state index is 5.36. The minimum absolute atomic E-state index is 0.534. The molecule has 0 N–H and O–H groups in total. The van der Waals surface area contributed by atoms with Gasteiger partial charge in [0.05, 0.1) is 44.1 Å². The minimum atomic E-state index is 0.534. The predicted molar refractivity (Wildman–Crippen MR) is 332 cm³/mol. The highest BCUT2D eigenvalue weighted by Gasteiger charge is 2.27. The van der Waals surface area contributed by atoms with Crippen LogP contribution < -0.4 is 0 Å². The fourth-order valence-electron chi connectivity index (χ4n) is 12.5. The Kier molecular flexibility index (Phi) is 10.1. The fraction of sp³-hybridized carbons (Fsp3) is 0. The summed E-state index contributed by atoms with van der Waals surface area (Å²) < 4.78 is 9.38. The van der Waals surface area contributed by atoms with E-state index in [-0.39, 0.29) is 0 Å². The van der Waals surface area contributed by atoms with E-state index in [2.05, 4.69) is 212 Å². The van der Waals surface area contributed by atoms with Gasteiger partial charge in [-0.15, -0.1) is 0 Å². The molecule has 0 bridgehead atoms. The average Bonchev–Trinajstić information content (AvgIpc) is 3.60. The monoisotopic (exact) mass is 1050 g/mol. The maximum absolute atomic E-state index is 5.36. The summed E-state index contributed by atoms with van der Waals surface area (Å²) in [4.78, 5) is 31.7. The summed E-state index contributed by atoms with van der Waals surface area (Å²) in [5, 5.41) is 8.88. The van der Waals surface area contributed by atoms with Crippen molar-refractivity contribution in [2.45, 2.75) is 0 Å². The summed E-state index contributed by atoms with van der Waals surface area (Å²) in [6.45, 7) is 0. The number of fused-ring (bicyclic) bond motifs is 14. The lowest BCUT2D eigenvalue weighted by molar-refractivity contribution is 0.953. The van der Waals surface area contributed by atoms with Crippen molar-refractivity contribution in [3.8, 4) is 68.8 Å². The van der Waals surface area contributed by atoms with Crippen LogP contribution >= 0.6 is 0 Å². The smallest absolute Gasteiger partial charge is 0.238 e. The Morgan fingerprint density at radius 1 is 0.195 bits per heavy atom. The topological polar surface area (TPSA) is 97.1 Å². The number of nitrogens with zero attached hydrogens (tertiary/aromatic N) is 10. The van der Waals surface area contributed by atoms with E-state index in [0.29, 0.717) is 35.2 Å². The second kappa shape index (κ2) is 18.1. The second-order valence-corrected chi connectivity index (χ2v) is 20.7. The molecule has 6 aromatic heterocycles. The van der Waals surface area contributed by atoms with E-state index in [1.54, 1.807) is 0 Å². The van der Waals surface area contributed by atoms with E-state index in [1.807, 2.05) is 72.8 Å².